The first-order valence-corrected chi connectivity index (χ1v) is 1.95. The molecule has 0 unspecified atom stereocenters. The molecule has 0 fully saturated rings. The Morgan fingerprint density at radius 3 is 1.86 bits per heavy atom. The van der Waals surface area contributed by atoms with E-state index in [2.05, 4.69) is 30.2 Å². The predicted octanol–water partition coefficient (Wildman–Crippen LogP) is 1.65. The maximum Gasteiger partial charge on any atom is 2.00 e. The Hall–Kier alpha value is 0.759. The van der Waals surface area contributed by atoms with Crippen molar-refractivity contribution in [3.05, 3.63) is 12.7 Å². The van der Waals surface area contributed by atoms with Gasteiger partial charge in [0.15, 0.2) is 0 Å². The molecule has 0 spiro atoms. The van der Waals surface area contributed by atoms with Crippen molar-refractivity contribution in [2.45, 2.75) is 0 Å². The van der Waals surface area contributed by atoms with Crippen LogP contribution in [0.5, 0.6) is 0 Å². The average Bonchev–Trinajstić information content (AvgIpc) is 1.38. The Kier molecular flexibility index (Phi) is 22.1. The molecule has 0 aromatic rings. The molecule has 0 aromatic carbocycles. The van der Waals surface area contributed by atoms with Gasteiger partial charge in [0.2, 0.25) is 0 Å². The van der Waals surface area contributed by atoms with Crippen LogP contribution in [0.15, 0.2) is 0 Å². The number of hydrogen-bond donors (Lipinski definition) is 1. The van der Waals surface area contributed by atoms with E-state index in [0.29, 0.717) is 4.32 Å². The van der Waals surface area contributed by atoms with Gasteiger partial charge in [-0.25, -0.2) is 0 Å². The Balaban J connectivity index is -0.0000000800. The molecule has 0 aliphatic carbocycles. The van der Waals surface area contributed by atoms with E-state index in [1.165, 1.54) is 0 Å². The van der Waals surface area contributed by atoms with E-state index in [0.717, 1.165) is 0 Å². The van der Waals surface area contributed by atoms with Gasteiger partial charge in [0.1, 0.15) is 0 Å². The van der Waals surface area contributed by atoms with Gasteiger partial charge in [0, 0.05) is 0 Å². The summed E-state index contributed by atoms with van der Waals surface area (Å²) in [7, 11) is 1.61. The van der Waals surface area contributed by atoms with Crippen LogP contribution < -0.4 is 0 Å². The van der Waals surface area contributed by atoms with E-state index in [1.54, 1.807) is 7.05 Å². The van der Waals surface area contributed by atoms with E-state index in [9.17, 15) is 0 Å². The molecule has 0 amide bonds. The SMILES string of the molecule is C[N-]C(=S)S.[CH3-].[Cu+2]. The number of hydrogen-bond acceptors (Lipinski definition) is 1. The zero-order chi connectivity index (χ0) is 4.28. The van der Waals surface area contributed by atoms with Crippen molar-refractivity contribution >= 4 is 29.2 Å². The molecule has 0 saturated heterocycles. The largest absolute Gasteiger partial charge is 2.00 e. The number of nitrogens with zero attached hydrogens (tertiary/aromatic N) is 1. The molecule has 0 N–H and O–H groups in total. The Morgan fingerprint density at radius 2 is 1.86 bits per heavy atom. The van der Waals surface area contributed by atoms with Crippen LogP contribution in [0.4, 0.5) is 0 Å². The van der Waals surface area contributed by atoms with Crippen molar-refractivity contribution in [3.63, 3.8) is 0 Å². The van der Waals surface area contributed by atoms with Gasteiger partial charge in [-0.1, -0.05) is 12.2 Å². The van der Waals surface area contributed by atoms with Crippen molar-refractivity contribution in [1.29, 1.82) is 0 Å². The third-order valence-electron chi connectivity index (χ3n) is 0.191. The van der Waals surface area contributed by atoms with Gasteiger partial charge >= 0.3 is 17.1 Å². The molecule has 0 saturated carbocycles. The number of thiol groups is 1. The van der Waals surface area contributed by atoms with Crippen LogP contribution in [0.2, 0.25) is 0 Å². The molecule has 7 heavy (non-hydrogen) atoms. The second kappa shape index (κ2) is 9.90. The standard InChI is InChI=1S/C2H5NS2.CH3.Cu/c1-3-2(4)5;;/h1H3,(H2,3,4,5);1H3;/q;-1;+2/p-1. The van der Waals surface area contributed by atoms with Crippen LogP contribution in [0, 0.1) is 7.43 Å². The van der Waals surface area contributed by atoms with Crippen molar-refractivity contribution in [2.75, 3.05) is 7.05 Å². The van der Waals surface area contributed by atoms with Crippen molar-refractivity contribution in [1.82, 2.24) is 0 Å². The zero-order valence-electron chi connectivity index (χ0n) is 4.10. The van der Waals surface area contributed by atoms with E-state index in [-0.39, 0.29) is 24.5 Å². The van der Waals surface area contributed by atoms with Gasteiger partial charge in [-0.3, -0.25) is 0 Å². The van der Waals surface area contributed by atoms with E-state index >= 15 is 0 Å². The van der Waals surface area contributed by atoms with Crippen LogP contribution in [-0.2, 0) is 17.1 Å². The van der Waals surface area contributed by atoms with Crippen molar-refractivity contribution in [3.8, 4) is 0 Å². The van der Waals surface area contributed by atoms with Gasteiger partial charge in [-0.15, -0.1) is 7.05 Å². The summed E-state index contributed by atoms with van der Waals surface area (Å²) in [6.45, 7) is 0. The summed E-state index contributed by atoms with van der Waals surface area (Å²) >= 11 is 8.06. The van der Waals surface area contributed by atoms with Crippen molar-refractivity contribution in [2.24, 2.45) is 0 Å². The molecule has 0 aliphatic rings. The summed E-state index contributed by atoms with van der Waals surface area (Å²) in [5.41, 5.74) is 0. The van der Waals surface area contributed by atoms with Gasteiger partial charge in [-0.2, -0.15) is 12.6 Å². The second-order valence-corrected chi connectivity index (χ2v) is 1.62. The summed E-state index contributed by atoms with van der Waals surface area (Å²) in [6, 6.07) is 0. The fourth-order valence-corrected chi connectivity index (χ4v) is 0. The van der Waals surface area contributed by atoms with E-state index in [1.807, 2.05) is 0 Å². The maximum absolute atomic E-state index is 4.39. The van der Waals surface area contributed by atoms with Crippen LogP contribution in [0.25, 0.3) is 5.32 Å². The van der Waals surface area contributed by atoms with Crippen LogP contribution >= 0.6 is 24.8 Å². The molecule has 0 rings (SSSR count). The molecule has 47 valence electrons. The first-order chi connectivity index (χ1) is 2.27. The van der Waals surface area contributed by atoms with Crippen LogP contribution in [0.1, 0.15) is 0 Å². The minimum atomic E-state index is 0. The molecule has 0 bridgehead atoms. The Morgan fingerprint density at radius 1 is 1.71 bits per heavy atom. The molecule has 1 radical (unpaired) electrons. The Bertz CT molecular complexity index is 48.2. The third-order valence-corrected chi connectivity index (χ3v) is 0.574. The van der Waals surface area contributed by atoms with Gasteiger partial charge in [0.25, 0.3) is 0 Å². The zero-order valence-corrected chi connectivity index (χ0v) is 6.76. The second-order valence-electron chi connectivity index (χ2n) is 0.506. The van der Waals surface area contributed by atoms with Gasteiger partial charge in [-0.05, 0) is 4.32 Å². The van der Waals surface area contributed by atoms with Crippen LogP contribution in [0.3, 0.4) is 0 Å². The molecule has 0 atom stereocenters. The molecule has 4 heteroatoms. The molecular formula is C3H7CuNS2. The molecule has 1 nitrogen and oxygen atoms in total. The predicted molar refractivity (Wildman–Crippen MR) is 37.3 cm³/mol. The summed E-state index contributed by atoms with van der Waals surface area (Å²) < 4.78 is 0.407. The molecule has 0 aliphatic heterocycles. The number of rotatable bonds is 0. The summed E-state index contributed by atoms with van der Waals surface area (Å²) in [5.74, 6) is 0. The summed E-state index contributed by atoms with van der Waals surface area (Å²) in [4.78, 5) is 0. The number of thiocarbonyl (C=S) groups is 1. The topological polar surface area (TPSA) is 14.1 Å². The molecule has 0 heterocycles. The third kappa shape index (κ3) is 20.1. The van der Waals surface area contributed by atoms with Gasteiger partial charge in [0.05, 0.1) is 0 Å². The van der Waals surface area contributed by atoms with Crippen LogP contribution in [-0.4, -0.2) is 11.4 Å². The minimum Gasteiger partial charge on any atom is -0.672 e. The summed E-state index contributed by atoms with van der Waals surface area (Å²) in [5, 5.41) is 3.48. The van der Waals surface area contributed by atoms with E-state index in [4.69, 9.17) is 0 Å². The smallest absolute Gasteiger partial charge is 0.672 e. The fourth-order valence-electron chi connectivity index (χ4n) is 0. The van der Waals surface area contributed by atoms with Gasteiger partial charge < -0.3 is 12.7 Å². The quantitative estimate of drug-likeness (QED) is 0.262. The first kappa shape index (κ1) is 15.7. The average molecular weight is 185 g/mol. The molecule has 0 aromatic heterocycles. The Labute approximate surface area is 66.1 Å². The van der Waals surface area contributed by atoms with E-state index < -0.39 is 0 Å². The first-order valence-electron chi connectivity index (χ1n) is 1.10. The fraction of sp³-hybridized carbons (Fsp3) is 0.333. The maximum atomic E-state index is 4.39. The minimum absolute atomic E-state index is 0. The normalized spacial score (nSPS) is 4.86. The van der Waals surface area contributed by atoms with Crippen molar-refractivity contribution < 1.29 is 17.1 Å². The summed E-state index contributed by atoms with van der Waals surface area (Å²) in [6.07, 6.45) is 0. The monoisotopic (exact) mass is 184 g/mol. The molecular weight excluding hydrogens is 178 g/mol.